The van der Waals surface area contributed by atoms with Crippen molar-refractivity contribution < 1.29 is 9.59 Å². The normalized spacial score (nSPS) is 10.8. The standard InChI is InChI=1S/C22H20N4O2S/c1-15-18-12-19(29-22(18)26(25-15)17-10-6-3-7-11-17)21(28)24-14-20(27)23-13-16-8-4-2-5-9-16/h2-12H,13-14H2,1H3,(H,23,27)(H,24,28). The predicted molar refractivity (Wildman–Crippen MR) is 114 cm³/mol. The number of benzene rings is 2. The number of fused-ring (bicyclic) bond motifs is 1. The van der Waals surface area contributed by atoms with Gasteiger partial charge in [-0.05, 0) is 30.7 Å². The van der Waals surface area contributed by atoms with Crippen molar-refractivity contribution in [3.05, 3.63) is 82.9 Å². The second-order valence-corrected chi connectivity index (χ2v) is 7.64. The highest BCUT2D eigenvalue weighted by atomic mass is 32.1. The van der Waals surface area contributed by atoms with E-state index in [0.717, 1.165) is 27.2 Å². The first-order valence-corrected chi connectivity index (χ1v) is 10.1. The molecule has 0 saturated carbocycles. The van der Waals surface area contributed by atoms with Gasteiger partial charge in [0.1, 0.15) is 4.83 Å². The molecular weight excluding hydrogens is 384 g/mol. The lowest BCUT2D eigenvalue weighted by molar-refractivity contribution is -0.120. The number of para-hydroxylation sites is 1. The second kappa shape index (κ2) is 8.28. The molecule has 4 aromatic rings. The summed E-state index contributed by atoms with van der Waals surface area (Å²) in [6, 6.07) is 21.3. The zero-order valence-corrected chi connectivity index (χ0v) is 16.7. The van der Waals surface area contributed by atoms with E-state index in [4.69, 9.17) is 0 Å². The molecule has 0 saturated heterocycles. The molecule has 0 radical (unpaired) electrons. The van der Waals surface area contributed by atoms with Crippen molar-refractivity contribution in [2.24, 2.45) is 0 Å². The van der Waals surface area contributed by atoms with Crippen LogP contribution in [0.4, 0.5) is 0 Å². The Labute approximate surface area is 172 Å². The molecule has 0 fully saturated rings. The van der Waals surface area contributed by atoms with Crippen molar-refractivity contribution in [2.45, 2.75) is 13.5 Å². The molecule has 0 bridgehead atoms. The number of aromatic nitrogens is 2. The quantitative estimate of drug-likeness (QED) is 0.517. The van der Waals surface area contributed by atoms with Crippen LogP contribution in [0.15, 0.2) is 66.7 Å². The van der Waals surface area contributed by atoms with Crippen molar-refractivity contribution in [1.29, 1.82) is 0 Å². The molecule has 0 aliphatic carbocycles. The summed E-state index contributed by atoms with van der Waals surface area (Å²) in [7, 11) is 0. The van der Waals surface area contributed by atoms with Gasteiger partial charge in [0, 0.05) is 11.9 Å². The first-order valence-electron chi connectivity index (χ1n) is 9.25. The molecule has 146 valence electrons. The van der Waals surface area contributed by atoms with Crippen LogP contribution in [0, 0.1) is 6.92 Å². The molecule has 29 heavy (non-hydrogen) atoms. The van der Waals surface area contributed by atoms with Gasteiger partial charge in [0.05, 0.1) is 22.8 Å². The topological polar surface area (TPSA) is 76.0 Å². The molecule has 7 heteroatoms. The van der Waals surface area contributed by atoms with Crippen LogP contribution in [-0.2, 0) is 11.3 Å². The number of nitrogens with zero attached hydrogens (tertiary/aromatic N) is 2. The summed E-state index contributed by atoms with van der Waals surface area (Å²) in [4.78, 5) is 26.0. The van der Waals surface area contributed by atoms with Gasteiger partial charge in [0.25, 0.3) is 5.91 Å². The monoisotopic (exact) mass is 404 g/mol. The summed E-state index contributed by atoms with van der Waals surface area (Å²) in [6.45, 7) is 2.29. The van der Waals surface area contributed by atoms with E-state index in [9.17, 15) is 9.59 Å². The van der Waals surface area contributed by atoms with E-state index in [1.807, 2.05) is 78.3 Å². The van der Waals surface area contributed by atoms with Crippen molar-refractivity contribution in [1.82, 2.24) is 20.4 Å². The molecule has 6 nitrogen and oxygen atoms in total. The first-order chi connectivity index (χ1) is 14.1. The van der Waals surface area contributed by atoms with Crippen molar-refractivity contribution in [3.8, 4) is 5.69 Å². The molecule has 0 spiro atoms. The number of hydrogen-bond donors (Lipinski definition) is 2. The van der Waals surface area contributed by atoms with Crippen LogP contribution < -0.4 is 10.6 Å². The highest BCUT2D eigenvalue weighted by Crippen LogP contribution is 2.30. The summed E-state index contributed by atoms with van der Waals surface area (Å²) in [5, 5.41) is 11.0. The van der Waals surface area contributed by atoms with E-state index < -0.39 is 0 Å². The lowest BCUT2D eigenvalue weighted by Gasteiger charge is -2.06. The van der Waals surface area contributed by atoms with Gasteiger partial charge in [-0.1, -0.05) is 48.5 Å². The molecule has 0 atom stereocenters. The van der Waals surface area contributed by atoms with Crippen molar-refractivity contribution >= 4 is 33.4 Å². The third-order valence-corrected chi connectivity index (χ3v) is 5.62. The molecule has 0 aliphatic rings. The Morgan fingerprint density at radius 1 is 1.00 bits per heavy atom. The Balaban J connectivity index is 1.42. The van der Waals surface area contributed by atoms with Gasteiger partial charge < -0.3 is 10.6 Å². The van der Waals surface area contributed by atoms with Gasteiger partial charge in [-0.25, -0.2) is 4.68 Å². The number of carbonyl (C=O) groups excluding carboxylic acids is 2. The summed E-state index contributed by atoms with van der Waals surface area (Å²) in [5.41, 5.74) is 2.82. The number of nitrogens with one attached hydrogen (secondary N) is 2. The fraction of sp³-hybridized carbons (Fsp3) is 0.136. The van der Waals surface area contributed by atoms with E-state index in [-0.39, 0.29) is 18.4 Å². The maximum atomic E-state index is 12.5. The van der Waals surface area contributed by atoms with Gasteiger partial charge in [-0.2, -0.15) is 5.10 Å². The summed E-state index contributed by atoms with van der Waals surface area (Å²) < 4.78 is 1.85. The molecule has 2 N–H and O–H groups in total. The van der Waals surface area contributed by atoms with E-state index in [2.05, 4.69) is 15.7 Å². The minimum absolute atomic E-state index is 0.0658. The summed E-state index contributed by atoms with van der Waals surface area (Å²) in [6.07, 6.45) is 0. The molecule has 4 rings (SSSR count). The minimum atomic E-state index is -0.264. The molecule has 0 aliphatic heterocycles. The van der Waals surface area contributed by atoms with Gasteiger partial charge in [0.2, 0.25) is 5.91 Å². The zero-order valence-electron chi connectivity index (χ0n) is 15.9. The van der Waals surface area contributed by atoms with Crippen LogP contribution >= 0.6 is 11.3 Å². The van der Waals surface area contributed by atoms with Crippen LogP contribution in [0.25, 0.3) is 15.9 Å². The first kappa shape index (κ1) is 18.9. The Bertz CT molecular complexity index is 1150. The van der Waals surface area contributed by atoms with E-state index in [0.29, 0.717) is 11.4 Å². The minimum Gasteiger partial charge on any atom is -0.350 e. The fourth-order valence-electron chi connectivity index (χ4n) is 3.01. The number of carbonyl (C=O) groups is 2. The van der Waals surface area contributed by atoms with Crippen LogP contribution in [0.5, 0.6) is 0 Å². The highest BCUT2D eigenvalue weighted by molar-refractivity contribution is 7.20. The number of hydrogen-bond acceptors (Lipinski definition) is 4. The number of thiophene rings is 1. The highest BCUT2D eigenvalue weighted by Gasteiger charge is 2.17. The smallest absolute Gasteiger partial charge is 0.261 e. The Morgan fingerprint density at radius 2 is 1.69 bits per heavy atom. The summed E-state index contributed by atoms with van der Waals surface area (Å²) >= 11 is 1.37. The lowest BCUT2D eigenvalue weighted by atomic mass is 10.2. The van der Waals surface area contributed by atoms with E-state index >= 15 is 0 Å². The number of amides is 2. The maximum Gasteiger partial charge on any atom is 0.261 e. The van der Waals surface area contributed by atoms with Crippen molar-refractivity contribution in [2.75, 3.05) is 6.54 Å². The summed E-state index contributed by atoms with van der Waals surface area (Å²) in [5.74, 6) is -0.491. The molecule has 0 unspecified atom stereocenters. The third-order valence-electron chi connectivity index (χ3n) is 4.51. The van der Waals surface area contributed by atoms with Crippen LogP contribution in [0.3, 0.4) is 0 Å². The molecular formula is C22H20N4O2S. The number of rotatable bonds is 6. The van der Waals surface area contributed by atoms with E-state index in [1.165, 1.54) is 11.3 Å². The van der Waals surface area contributed by atoms with Gasteiger partial charge in [-0.15, -0.1) is 11.3 Å². The van der Waals surface area contributed by atoms with Crippen LogP contribution in [0.2, 0.25) is 0 Å². The molecule has 2 aromatic carbocycles. The second-order valence-electron chi connectivity index (χ2n) is 6.61. The predicted octanol–water partition coefficient (Wildman–Crippen LogP) is 3.44. The Hall–Kier alpha value is -3.45. The number of aryl methyl sites for hydroxylation is 1. The molecule has 2 aromatic heterocycles. The maximum absolute atomic E-state index is 12.5. The lowest BCUT2D eigenvalue weighted by Crippen LogP contribution is -2.36. The van der Waals surface area contributed by atoms with E-state index in [1.54, 1.807) is 0 Å². The van der Waals surface area contributed by atoms with Crippen LogP contribution in [0.1, 0.15) is 20.9 Å². The zero-order chi connectivity index (χ0) is 20.2. The SMILES string of the molecule is Cc1nn(-c2ccccc2)c2sc(C(=O)NCC(=O)NCc3ccccc3)cc12. The van der Waals surface area contributed by atoms with Crippen molar-refractivity contribution in [3.63, 3.8) is 0 Å². The van der Waals surface area contributed by atoms with Gasteiger partial charge >= 0.3 is 0 Å². The fourth-order valence-corrected chi connectivity index (χ4v) is 4.11. The van der Waals surface area contributed by atoms with Crippen LogP contribution in [-0.4, -0.2) is 28.1 Å². The Kier molecular flexibility index (Phi) is 5.39. The molecule has 2 heterocycles. The molecule has 2 amide bonds. The Morgan fingerprint density at radius 3 is 2.41 bits per heavy atom. The average molecular weight is 404 g/mol. The van der Waals surface area contributed by atoms with Gasteiger partial charge in [-0.3, -0.25) is 9.59 Å². The largest absolute Gasteiger partial charge is 0.350 e. The average Bonchev–Trinajstić information content (AvgIpc) is 3.32. The van der Waals surface area contributed by atoms with Gasteiger partial charge in [0.15, 0.2) is 0 Å². The third kappa shape index (κ3) is 4.20.